The predicted octanol–water partition coefficient (Wildman–Crippen LogP) is -1.32. The van der Waals surface area contributed by atoms with E-state index < -0.39 is 18.1 Å². The summed E-state index contributed by atoms with van der Waals surface area (Å²) in [5, 5.41) is 19.6. The summed E-state index contributed by atoms with van der Waals surface area (Å²) in [6.07, 6.45) is -0.932. The van der Waals surface area contributed by atoms with Crippen LogP contribution in [0.1, 0.15) is 19.8 Å². The van der Waals surface area contributed by atoms with E-state index >= 15 is 0 Å². The van der Waals surface area contributed by atoms with Crippen LogP contribution in [0.15, 0.2) is 0 Å². The molecule has 6 heteroatoms. The van der Waals surface area contributed by atoms with Crippen molar-refractivity contribution in [1.29, 1.82) is 0 Å². The minimum Gasteiger partial charge on any atom is -0.479 e. The van der Waals surface area contributed by atoms with Crippen molar-refractivity contribution >= 4 is 11.9 Å². The minimum absolute atomic E-state index is 0.0164. The third-order valence-corrected chi connectivity index (χ3v) is 1.78. The molecule has 0 aromatic carbocycles. The standard InChI is InChI=1S/C8H16N2O4/c1-2-5(9)7(12)10-4-3-6(11)8(13)14/h5-6,11H,2-4,9H2,1H3,(H,10,12)(H,13,14)/t5?,6-/m0/s1. The van der Waals surface area contributed by atoms with Crippen molar-refractivity contribution in [3.8, 4) is 0 Å². The zero-order chi connectivity index (χ0) is 11.1. The first-order chi connectivity index (χ1) is 6.49. The van der Waals surface area contributed by atoms with Gasteiger partial charge in [0.25, 0.3) is 0 Å². The first-order valence-corrected chi connectivity index (χ1v) is 4.43. The number of aliphatic hydroxyl groups is 1. The lowest BCUT2D eigenvalue weighted by Crippen LogP contribution is -2.41. The van der Waals surface area contributed by atoms with Crippen molar-refractivity contribution in [3.05, 3.63) is 0 Å². The molecule has 0 rings (SSSR count). The number of carbonyl (C=O) groups is 2. The number of carbonyl (C=O) groups excluding carboxylic acids is 1. The second-order valence-corrected chi connectivity index (χ2v) is 2.95. The highest BCUT2D eigenvalue weighted by Gasteiger charge is 2.14. The van der Waals surface area contributed by atoms with Crippen LogP contribution in [0.4, 0.5) is 0 Å². The molecule has 5 N–H and O–H groups in total. The van der Waals surface area contributed by atoms with E-state index in [-0.39, 0.29) is 18.9 Å². The normalized spacial score (nSPS) is 14.5. The molecule has 1 amide bonds. The van der Waals surface area contributed by atoms with Gasteiger partial charge in [-0.2, -0.15) is 0 Å². The van der Waals surface area contributed by atoms with Gasteiger partial charge in [-0.15, -0.1) is 0 Å². The van der Waals surface area contributed by atoms with Gasteiger partial charge in [0, 0.05) is 13.0 Å². The molecule has 2 atom stereocenters. The molecule has 0 heterocycles. The van der Waals surface area contributed by atoms with Crippen molar-refractivity contribution in [3.63, 3.8) is 0 Å². The summed E-state index contributed by atoms with van der Waals surface area (Å²) >= 11 is 0. The number of aliphatic carboxylic acids is 1. The third-order valence-electron chi connectivity index (χ3n) is 1.78. The number of rotatable bonds is 6. The van der Waals surface area contributed by atoms with Gasteiger partial charge in [0.2, 0.25) is 5.91 Å². The van der Waals surface area contributed by atoms with Crippen molar-refractivity contribution in [2.45, 2.75) is 31.9 Å². The minimum atomic E-state index is -1.44. The van der Waals surface area contributed by atoms with Crippen LogP contribution in [0.5, 0.6) is 0 Å². The largest absolute Gasteiger partial charge is 0.479 e. The summed E-state index contributed by atoms with van der Waals surface area (Å²) in [6, 6.07) is -0.572. The summed E-state index contributed by atoms with van der Waals surface area (Å²) in [5.74, 6) is -1.62. The van der Waals surface area contributed by atoms with Gasteiger partial charge in [0.05, 0.1) is 6.04 Å². The SMILES string of the molecule is CCC(N)C(=O)NCC[C@H](O)C(=O)O. The Balaban J connectivity index is 3.64. The lowest BCUT2D eigenvalue weighted by molar-refractivity contribution is -0.147. The maximum Gasteiger partial charge on any atom is 0.332 e. The van der Waals surface area contributed by atoms with E-state index in [1.54, 1.807) is 6.92 Å². The molecule has 0 saturated carbocycles. The van der Waals surface area contributed by atoms with E-state index in [2.05, 4.69) is 5.32 Å². The van der Waals surface area contributed by atoms with Gasteiger partial charge in [-0.1, -0.05) is 6.92 Å². The van der Waals surface area contributed by atoms with Crippen LogP contribution < -0.4 is 11.1 Å². The van der Waals surface area contributed by atoms with Crippen LogP contribution in [-0.4, -0.2) is 40.8 Å². The Hall–Kier alpha value is -1.14. The van der Waals surface area contributed by atoms with Gasteiger partial charge < -0.3 is 21.3 Å². The molecular formula is C8H16N2O4. The van der Waals surface area contributed by atoms with E-state index in [4.69, 9.17) is 15.9 Å². The second-order valence-electron chi connectivity index (χ2n) is 2.95. The maximum absolute atomic E-state index is 11.1. The fraction of sp³-hybridized carbons (Fsp3) is 0.750. The molecule has 0 aliphatic rings. The summed E-state index contributed by atoms with van der Waals surface area (Å²) in [4.78, 5) is 21.2. The molecule has 0 aromatic heterocycles. The van der Waals surface area contributed by atoms with E-state index in [0.717, 1.165) is 0 Å². The van der Waals surface area contributed by atoms with Gasteiger partial charge in [0.1, 0.15) is 0 Å². The van der Waals surface area contributed by atoms with Gasteiger partial charge in [0.15, 0.2) is 6.10 Å². The molecule has 0 aliphatic carbocycles. The number of hydrogen-bond acceptors (Lipinski definition) is 4. The number of aliphatic hydroxyl groups excluding tert-OH is 1. The molecule has 0 aromatic rings. The summed E-state index contributed by atoms with van der Waals surface area (Å²) in [5.41, 5.74) is 5.40. The summed E-state index contributed by atoms with van der Waals surface area (Å²) in [6.45, 7) is 1.89. The van der Waals surface area contributed by atoms with Crippen LogP contribution in [0.2, 0.25) is 0 Å². The fourth-order valence-corrected chi connectivity index (χ4v) is 0.772. The molecule has 14 heavy (non-hydrogen) atoms. The van der Waals surface area contributed by atoms with Crippen molar-refractivity contribution in [1.82, 2.24) is 5.32 Å². The van der Waals surface area contributed by atoms with Gasteiger partial charge in [-0.25, -0.2) is 4.79 Å². The maximum atomic E-state index is 11.1. The van der Waals surface area contributed by atoms with Gasteiger partial charge in [-0.05, 0) is 6.42 Å². The monoisotopic (exact) mass is 204 g/mol. The van der Waals surface area contributed by atoms with E-state index in [0.29, 0.717) is 6.42 Å². The molecule has 0 spiro atoms. The van der Waals surface area contributed by atoms with E-state index in [9.17, 15) is 9.59 Å². The number of carboxylic acid groups (broad SMARTS) is 1. The smallest absolute Gasteiger partial charge is 0.332 e. The number of nitrogens with two attached hydrogens (primary N) is 1. The topological polar surface area (TPSA) is 113 Å². The summed E-state index contributed by atoms with van der Waals surface area (Å²) < 4.78 is 0. The van der Waals surface area contributed by atoms with Crippen molar-refractivity contribution < 1.29 is 19.8 Å². The molecule has 0 fully saturated rings. The first-order valence-electron chi connectivity index (χ1n) is 4.43. The third kappa shape index (κ3) is 4.78. The molecule has 82 valence electrons. The first kappa shape index (κ1) is 12.9. The quantitative estimate of drug-likeness (QED) is 0.428. The van der Waals surface area contributed by atoms with Crippen molar-refractivity contribution in [2.75, 3.05) is 6.54 Å². The Morgan fingerprint density at radius 1 is 1.50 bits per heavy atom. The number of amides is 1. The second kappa shape index (κ2) is 6.33. The Bertz CT molecular complexity index is 208. The Morgan fingerprint density at radius 3 is 2.50 bits per heavy atom. The Kier molecular flexibility index (Phi) is 5.82. The van der Waals surface area contributed by atoms with Gasteiger partial charge in [-0.3, -0.25) is 4.79 Å². The lowest BCUT2D eigenvalue weighted by Gasteiger charge is -2.10. The molecule has 1 unspecified atom stereocenters. The van der Waals surface area contributed by atoms with Crippen LogP contribution in [0.25, 0.3) is 0 Å². The van der Waals surface area contributed by atoms with Gasteiger partial charge >= 0.3 is 5.97 Å². The Labute approximate surface area is 82.1 Å². The van der Waals surface area contributed by atoms with Crippen LogP contribution >= 0.6 is 0 Å². The molecule has 0 radical (unpaired) electrons. The highest BCUT2D eigenvalue weighted by molar-refractivity contribution is 5.81. The molecular weight excluding hydrogens is 188 g/mol. The van der Waals surface area contributed by atoms with Crippen LogP contribution in [0, 0.1) is 0 Å². The number of hydrogen-bond donors (Lipinski definition) is 4. The molecule has 0 aliphatic heterocycles. The Morgan fingerprint density at radius 2 is 2.07 bits per heavy atom. The number of carboxylic acids is 1. The van der Waals surface area contributed by atoms with Crippen molar-refractivity contribution in [2.24, 2.45) is 5.73 Å². The molecule has 0 saturated heterocycles. The van der Waals surface area contributed by atoms with Crippen LogP contribution in [0.3, 0.4) is 0 Å². The zero-order valence-corrected chi connectivity index (χ0v) is 8.06. The zero-order valence-electron chi connectivity index (χ0n) is 8.06. The average molecular weight is 204 g/mol. The summed E-state index contributed by atoms with van der Waals surface area (Å²) in [7, 11) is 0. The lowest BCUT2D eigenvalue weighted by atomic mass is 10.2. The molecule has 0 bridgehead atoms. The molecule has 6 nitrogen and oxygen atoms in total. The fourth-order valence-electron chi connectivity index (χ4n) is 0.772. The van der Waals surface area contributed by atoms with E-state index in [1.165, 1.54) is 0 Å². The van der Waals surface area contributed by atoms with Crippen LogP contribution in [-0.2, 0) is 9.59 Å². The number of nitrogens with one attached hydrogen (secondary N) is 1. The van der Waals surface area contributed by atoms with E-state index in [1.807, 2.05) is 0 Å². The highest BCUT2D eigenvalue weighted by Crippen LogP contribution is 1.91. The average Bonchev–Trinajstić information content (AvgIpc) is 2.15. The predicted molar refractivity (Wildman–Crippen MR) is 49.5 cm³/mol. The highest BCUT2D eigenvalue weighted by atomic mass is 16.4.